The molecule has 1 saturated heterocycles. The summed E-state index contributed by atoms with van der Waals surface area (Å²) in [5, 5.41) is 2.69. The van der Waals surface area contributed by atoms with E-state index in [0.717, 1.165) is 18.4 Å². The van der Waals surface area contributed by atoms with Crippen molar-refractivity contribution in [3.8, 4) is 0 Å². The maximum atomic E-state index is 13.0. The summed E-state index contributed by atoms with van der Waals surface area (Å²) in [7, 11) is 0. The van der Waals surface area contributed by atoms with E-state index < -0.39 is 29.5 Å². The molecule has 0 saturated carbocycles. The van der Waals surface area contributed by atoms with Gasteiger partial charge in [-0.1, -0.05) is 44.2 Å². The van der Waals surface area contributed by atoms with E-state index in [2.05, 4.69) is 5.32 Å². The molecule has 1 aliphatic rings. The average Bonchev–Trinajstić information content (AvgIpc) is 2.71. The molecule has 7 nitrogen and oxygen atoms in total. The fourth-order valence-corrected chi connectivity index (χ4v) is 3.14. The van der Waals surface area contributed by atoms with Gasteiger partial charge in [-0.15, -0.1) is 0 Å². The van der Waals surface area contributed by atoms with Gasteiger partial charge in [-0.05, 0) is 30.7 Å². The summed E-state index contributed by atoms with van der Waals surface area (Å²) < 4.78 is 5.24. The van der Waals surface area contributed by atoms with Crippen molar-refractivity contribution < 1.29 is 19.1 Å². The molecule has 1 heterocycles. The largest absolute Gasteiger partial charge is 0.445 e. The lowest BCUT2D eigenvalue weighted by atomic mass is 9.80. The van der Waals surface area contributed by atoms with Crippen LogP contribution in [-0.4, -0.2) is 41.4 Å². The van der Waals surface area contributed by atoms with Crippen LogP contribution in [-0.2, 0) is 20.9 Å². The van der Waals surface area contributed by atoms with E-state index in [9.17, 15) is 14.4 Å². The minimum absolute atomic E-state index is 0.120. The topological polar surface area (TPSA) is 102 Å². The molecule has 0 radical (unpaired) electrons. The predicted octanol–water partition coefficient (Wildman–Crippen LogP) is 1.80. The number of alkyl carbamates (subject to hydrolysis) is 1. The molecule has 1 aliphatic heterocycles. The van der Waals surface area contributed by atoms with E-state index in [-0.39, 0.29) is 12.5 Å². The molecular formula is C19H27N3O4. The van der Waals surface area contributed by atoms with E-state index in [1.807, 2.05) is 44.2 Å². The quantitative estimate of drug-likeness (QED) is 0.835. The van der Waals surface area contributed by atoms with Crippen LogP contribution < -0.4 is 11.1 Å². The van der Waals surface area contributed by atoms with E-state index >= 15 is 0 Å². The van der Waals surface area contributed by atoms with Crippen molar-refractivity contribution >= 4 is 17.9 Å². The monoisotopic (exact) mass is 361 g/mol. The number of carbonyl (C=O) groups excluding carboxylic acids is 3. The normalized spacial score (nSPS) is 20.8. The van der Waals surface area contributed by atoms with Gasteiger partial charge in [0.15, 0.2) is 0 Å². The number of nitrogens with one attached hydrogen (secondary N) is 1. The van der Waals surface area contributed by atoms with Gasteiger partial charge < -0.3 is 20.7 Å². The number of rotatable bonds is 5. The van der Waals surface area contributed by atoms with Crippen LogP contribution in [0.3, 0.4) is 0 Å². The van der Waals surface area contributed by atoms with E-state index in [4.69, 9.17) is 10.5 Å². The van der Waals surface area contributed by atoms with Crippen LogP contribution in [0.15, 0.2) is 30.3 Å². The summed E-state index contributed by atoms with van der Waals surface area (Å²) in [6, 6.07) is 7.80. The molecule has 1 aromatic carbocycles. The van der Waals surface area contributed by atoms with Gasteiger partial charge in [0.25, 0.3) is 0 Å². The fourth-order valence-electron chi connectivity index (χ4n) is 3.14. The lowest BCUT2D eigenvalue weighted by Gasteiger charge is -2.34. The molecule has 1 fully saturated rings. The first kappa shape index (κ1) is 19.8. The molecule has 3 amide bonds. The van der Waals surface area contributed by atoms with Gasteiger partial charge in [-0.25, -0.2) is 4.79 Å². The summed E-state index contributed by atoms with van der Waals surface area (Å²) >= 11 is 0. The summed E-state index contributed by atoms with van der Waals surface area (Å²) in [6.07, 6.45) is 0.798. The third kappa shape index (κ3) is 4.74. The first-order valence-electron chi connectivity index (χ1n) is 8.79. The Morgan fingerprint density at radius 3 is 2.62 bits per heavy atom. The molecule has 0 aromatic heterocycles. The number of primary amides is 1. The maximum absolute atomic E-state index is 13.0. The van der Waals surface area contributed by atoms with Crippen LogP contribution >= 0.6 is 0 Å². The highest BCUT2D eigenvalue weighted by molar-refractivity contribution is 5.91. The van der Waals surface area contributed by atoms with Gasteiger partial charge >= 0.3 is 6.09 Å². The minimum atomic E-state index is -0.782. The predicted molar refractivity (Wildman–Crippen MR) is 96.9 cm³/mol. The molecule has 0 spiro atoms. The number of hydrogen-bond acceptors (Lipinski definition) is 4. The van der Waals surface area contributed by atoms with Gasteiger partial charge in [-0.2, -0.15) is 0 Å². The molecule has 2 rings (SSSR count). The van der Waals surface area contributed by atoms with Crippen LogP contribution in [0.1, 0.15) is 39.2 Å². The highest BCUT2D eigenvalue weighted by Gasteiger charge is 2.43. The molecule has 1 aromatic rings. The van der Waals surface area contributed by atoms with Gasteiger partial charge in [-0.3, -0.25) is 9.59 Å². The van der Waals surface area contributed by atoms with Gasteiger partial charge in [0.1, 0.15) is 18.7 Å². The first-order valence-corrected chi connectivity index (χ1v) is 8.79. The summed E-state index contributed by atoms with van der Waals surface area (Å²) in [5.41, 5.74) is 5.76. The second-order valence-corrected chi connectivity index (χ2v) is 7.34. The maximum Gasteiger partial charge on any atom is 0.408 e. The van der Waals surface area contributed by atoms with Gasteiger partial charge in [0, 0.05) is 6.54 Å². The van der Waals surface area contributed by atoms with Crippen LogP contribution in [0.25, 0.3) is 0 Å². The van der Waals surface area contributed by atoms with Crippen molar-refractivity contribution in [1.82, 2.24) is 10.2 Å². The molecule has 2 atom stereocenters. The van der Waals surface area contributed by atoms with E-state index in [1.54, 1.807) is 6.92 Å². The Morgan fingerprint density at radius 2 is 2.00 bits per heavy atom. The molecule has 26 heavy (non-hydrogen) atoms. The van der Waals surface area contributed by atoms with Crippen LogP contribution in [0.4, 0.5) is 4.79 Å². The highest BCUT2D eigenvalue weighted by Crippen LogP contribution is 2.32. The number of likely N-dealkylation sites (tertiary alicyclic amines) is 1. The van der Waals surface area contributed by atoms with Crippen LogP contribution in [0.2, 0.25) is 0 Å². The van der Waals surface area contributed by atoms with Gasteiger partial charge in [0.05, 0.1) is 0 Å². The standard InChI is InChI=1S/C19H27N3O4/c1-13(16(20)23)22-11-7-10-19(2,3)15(17(22)24)21-18(25)26-12-14-8-5-4-6-9-14/h4-6,8-9,13,15H,7,10-12H2,1-3H3,(H2,20,23)(H,21,25). The molecule has 142 valence electrons. The number of nitrogens with two attached hydrogens (primary N) is 1. The number of amides is 3. The Kier molecular flexibility index (Phi) is 6.23. The van der Waals surface area contributed by atoms with Gasteiger partial charge in [0.2, 0.25) is 11.8 Å². The average molecular weight is 361 g/mol. The lowest BCUT2D eigenvalue weighted by molar-refractivity contribution is -0.141. The number of benzene rings is 1. The molecule has 7 heteroatoms. The minimum Gasteiger partial charge on any atom is -0.445 e. The van der Waals surface area contributed by atoms with Crippen molar-refractivity contribution in [2.75, 3.05) is 6.54 Å². The Labute approximate surface area is 153 Å². The van der Waals surface area contributed by atoms with E-state index in [0.29, 0.717) is 6.54 Å². The molecule has 0 bridgehead atoms. The number of hydrogen-bond donors (Lipinski definition) is 2. The zero-order chi connectivity index (χ0) is 19.3. The Hall–Kier alpha value is -2.57. The summed E-state index contributed by atoms with van der Waals surface area (Å²) in [4.78, 5) is 38.2. The number of nitrogens with zero attached hydrogens (tertiary/aromatic N) is 1. The van der Waals surface area contributed by atoms with Crippen LogP contribution in [0, 0.1) is 5.41 Å². The fraction of sp³-hybridized carbons (Fsp3) is 0.526. The first-order chi connectivity index (χ1) is 12.2. The zero-order valence-corrected chi connectivity index (χ0v) is 15.5. The number of carbonyl (C=O) groups is 3. The van der Waals surface area contributed by atoms with E-state index in [1.165, 1.54) is 4.90 Å². The molecular weight excluding hydrogens is 334 g/mol. The van der Waals surface area contributed by atoms with Crippen molar-refractivity contribution in [2.24, 2.45) is 11.1 Å². The molecule has 0 aliphatic carbocycles. The van der Waals surface area contributed by atoms with Crippen molar-refractivity contribution in [2.45, 2.75) is 52.3 Å². The molecule has 2 unspecified atom stereocenters. The summed E-state index contributed by atoms with van der Waals surface area (Å²) in [5.74, 6) is -0.876. The van der Waals surface area contributed by atoms with Crippen molar-refractivity contribution in [3.05, 3.63) is 35.9 Å². The Balaban J connectivity index is 2.08. The third-order valence-electron chi connectivity index (χ3n) is 4.89. The SMILES string of the molecule is CC(C(N)=O)N1CCCC(C)(C)C(NC(=O)OCc2ccccc2)C1=O. The lowest BCUT2D eigenvalue weighted by Crippen LogP contribution is -2.57. The Bertz CT molecular complexity index is 660. The second-order valence-electron chi connectivity index (χ2n) is 7.34. The smallest absolute Gasteiger partial charge is 0.408 e. The second kappa shape index (κ2) is 8.21. The zero-order valence-electron chi connectivity index (χ0n) is 15.5. The van der Waals surface area contributed by atoms with Crippen LogP contribution in [0.5, 0.6) is 0 Å². The highest BCUT2D eigenvalue weighted by atomic mass is 16.5. The molecule has 3 N–H and O–H groups in total. The third-order valence-corrected chi connectivity index (χ3v) is 4.89. The van der Waals surface area contributed by atoms with Crippen molar-refractivity contribution in [1.29, 1.82) is 0 Å². The van der Waals surface area contributed by atoms with Crippen molar-refractivity contribution in [3.63, 3.8) is 0 Å². The summed E-state index contributed by atoms with van der Waals surface area (Å²) in [6.45, 7) is 6.00. The Morgan fingerprint density at radius 1 is 1.35 bits per heavy atom. The number of ether oxygens (including phenoxy) is 1.